The fourth-order valence-electron chi connectivity index (χ4n) is 1.79. The maximum Gasteiger partial charge on any atom is 0.148 e. The van der Waals surface area contributed by atoms with Crippen LogP contribution in [-0.4, -0.2) is 10.1 Å². The molecule has 2 rings (SSSR count). The molecule has 19 heavy (non-hydrogen) atoms. The molecule has 3 nitrogen and oxygen atoms in total. The number of aromatic nitrogens is 1. The van der Waals surface area contributed by atoms with Crippen molar-refractivity contribution in [3.63, 3.8) is 0 Å². The van der Waals surface area contributed by atoms with E-state index in [9.17, 15) is 0 Å². The molecule has 0 amide bonds. The summed E-state index contributed by atoms with van der Waals surface area (Å²) in [5, 5.41) is 9.57. The monoisotopic (exact) mass is 277 g/mol. The van der Waals surface area contributed by atoms with Gasteiger partial charge in [0.2, 0.25) is 0 Å². The predicted octanol–water partition coefficient (Wildman–Crippen LogP) is 3.89. The highest BCUT2D eigenvalue weighted by Crippen LogP contribution is 2.28. The zero-order valence-electron chi connectivity index (χ0n) is 11.0. The molecule has 0 aliphatic rings. The molecular formula is C15H16ClNO2. The lowest BCUT2D eigenvalue weighted by atomic mass is 10.2. The van der Waals surface area contributed by atoms with Crippen LogP contribution in [0.15, 0.2) is 30.3 Å². The van der Waals surface area contributed by atoms with E-state index in [0.29, 0.717) is 16.3 Å². The average Bonchev–Trinajstić information content (AvgIpc) is 2.41. The van der Waals surface area contributed by atoms with Gasteiger partial charge < -0.3 is 9.84 Å². The third kappa shape index (κ3) is 3.25. The van der Waals surface area contributed by atoms with Crippen LogP contribution in [0.4, 0.5) is 0 Å². The van der Waals surface area contributed by atoms with Crippen molar-refractivity contribution in [1.82, 2.24) is 4.98 Å². The Morgan fingerprint density at radius 3 is 2.68 bits per heavy atom. The van der Waals surface area contributed by atoms with E-state index in [1.54, 1.807) is 18.2 Å². The van der Waals surface area contributed by atoms with Crippen molar-refractivity contribution in [2.24, 2.45) is 0 Å². The fraction of sp³-hybridized carbons (Fsp3) is 0.267. The summed E-state index contributed by atoms with van der Waals surface area (Å²) in [6, 6.07) is 9.07. The van der Waals surface area contributed by atoms with Gasteiger partial charge in [0.05, 0.1) is 12.3 Å². The number of hydrogen-bond donors (Lipinski definition) is 1. The summed E-state index contributed by atoms with van der Waals surface area (Å²) in [4.78, 5) is 4.45. The topological polar surface area (TPSA) is 42.4 Å². The Hall–Kier alpha value is -1.58. The zero-order valence-corrected chi connectivity index (χ0v) is 11.7. The lowest BCUT2D eigenvalue weighted by molar-refractivity contribution is 0.282. The van der Waals surface area contributed by atoms with Crippen molar-refractivity contribution in [2.45, 2.75) is 26.9 Å². The van der Waals surface area contributed by atoms with Crippen molar-refractivity contribution >= 4 is 11.6 Å². The summed E-state index contributed by atoms with van der Waals surface area (Å²) in [7, 11) is 0. The number of nitrogens with zero attached hydrogens (tertiary/aromatic N) is 1. The number of aliphatic hydroxyl groups excluding tert-OH is 1. The van der Waals surface area contributed by atoms with E-state index in [2.05, 4.69) is 4.98 Å². The SMILES string of the molecule is CCc1nc(C)ccc1Oc1ccc(CO)c(Cl)c1. The molecule has 0 radical (unpaired) electrons. The van der Waals surface area contributed by atoms with E-state index in [4.69, 9.17) is 21.4 Å². The number of ether oxygens (including phenoxy) is 1. The summed E-state index contributed by atoms with van der Waals surface area (Å²) in [6.07, 6.45) is 0.805. The maximum atomic E-state index is 9.08. The second-order valence-electron chi connectivity index (χ2n) is 4.26. The number of pyridine rings is 1. The van der Waals surface area contributed by atoms with Crippen LogP contribution in [0.2, 0.25) is 5.02 Å². The van der Waals surface area contributed by atoms with E-state index in [1.807, 2.05) is 26.0 Å². The van der Waals surface area contributed by atoms with Crippen molar-refractivity contribution < 1.29 is 9.84 Å². The number of aliphatic hydroxyl groups is 1. The van der Waals surface area contributed by atoms with Crippen LogP contribution in [0.3, 0.4) is 0 Å². The molecule has 100 valence electrons. The number of aryl methyl sites for hydroxylation is 2. The van der Waals surface area contributed by atoms with Crippen LogP contribution in [-0.2, 0) is 13.0 Å². The molecule has 4 heteroatoms. The Morgan fingerprint density at radius 1 is 1.26 bits per heavy atom. The number of halogens is 1. The minimum Gasteiger partial charge on any atom is -0.455 e. The fourth-order valence-corrected chi connectivity index (χ4v) is 2.02. The van der Waals surface area contributed by atoms with Crippen molar-refractivity contribution in [3.8, 4) is 11.5 Å². The van der Waals surface area contributed by atoms with Gasteiger partial charge in [-0.05, 0) is 43.2 Å². The molecule has 0 aliphatic carbocycles. The van der Waals surface area contributed by atoms with Gasteiger partial charge in [0.25, 0.3) is 0 Å². The van der Waals surface area contributed by atoms with Gasteiger partial charge in [0, 0.05) is 10.7 Å². The summed E-state index contributed by atoms with van der Waals surface area (Å²) in [5.41, 5.74) is 2.58. The van der Waals surface area contributed by atoms with Gasteiger partial charge in [-0.2, -0.15) is 0 Å². The molecule has 0 unspecified atom stereocenters. The summed E-state index contributed by atoms with van der Waals surface area (Å²) < 4.78 is 5.81. The molecular weight excluding hydrogens is 262 g/mol. The predicted molar refractivity (Wildman–Crippen MR) is 75.8 cm³/mol. The molecule has 0 fully saturated rings. The van der Waals surface area contributed by atoms with Crippen molar-refractivity contribution in [2.75, 3.05) is 0 Å². The molecule has 1 N–H and O–H groups in total. The number of rotatable bonds is 4. The smallest absolute Gasteiger partial charge is 0.148 e. The van der Waals surface area contributed by atoms with E-state index in [1.165, 1.54) is 0 Å². The number of hydrogen-bond acceptors (Lipinski definition) is 3. The lowest BCUT2D eigenvalue weighted by Gasteiger charge is -2.11. The summed E-state index contributed by atoms with van der Waals surface area (Å²) in [5.74, 6) is 1.38. The van der Waals surface area contributed by atoms with E-state index < -0.39 is 0 Å². The summed E-state index contributed by atoms with van der Waals surface area (Å²) in [6.45, 7) is 3.91. The molecule has 1 heterocycles. The minimum atomic E-state index is -0.0780. The van der Waals surface area contributed by atoms with Crippen molar-refractivity contribution in [3.05, 3.63) is 52.3 Å². The van der Waals surface area contributed by atoms with Gasteiger partial charge in [-0.1, -0.05) is 24.6 Å². The van der Waals surface area contributed by atoms with Gasteiger partial charge >= 0.3 is 0 Å². The highest BCUT2D eigenvalue weighted by molar-refractivity contribution is 6.31. The molecule has 0 atom stereocenters. The van der Waals surface area contributed by atoms with Gasteiger partial charge in [0.15, 0.2) is 0 Å². The first-order valence-electron chi connectivity index (χ1n) is 6.17. The van der Waals surface area contributed by atoms with Crippen molar-refractivity contribution in [1.29, 1.82) is 0 Å². The minimum absolute atomic E-state index is 0.0780. The third-order valence-electron chi connectivity index (χ3n) is 2.83. The molecule has 0 saturated heterocycles. The Bertz CT molecular complexity index is 584. The normalized spacial score (nSPS) is 10.5. The zero-order chi connectivity index (χ0) is 13.8. The first kappa shape index (κ1) is 13.8. The van der Waals surface area contributed by atoms with Crippen LogP contribution in [0.25, 0.3) is 0 Å². The van der Waals surface area contributed by atoms with Gasteiger partial charge in [-0.3, -0.25) is 4.98 Å². The van der Waals surface area contributed by atoms with Gasteiger partial charge in [-0.15, -0.1) is 0 Å². The Labute approximate surface area is 117 Å². The molecule has 0 aliphatic heterocycles. The van der Waals surface area contributed by atoms with Gasteiger partial charge in [0.1, 0.15) is 11.5 Å². The first-order valence-corrected chi connectivity index (χ1v) is 6.55. The van der Waals surface area contributed by atoms with Crippen LogP contribution in [0.5, 0.6) is 11.5 Å². The number of benzene rings is 1. The molecule has 2 aromatic rings. The second-order valence-corrected chi connectivity index (χ2v) is 4.67. The third-order valence-corrected chi connectivity index (χ3v) is 3.18. The van der Waals surface area contributed by atoms with Crippen LogP contribution in [0.1, 0.15) is 23.9 Å². The van der Waals surface area contributed by atoms with Crippen LogP contribution in [0, 0.1) is 6.92 Å². The average molecular weight is 278 g/mol. The quantitative estimate of drug-likeness (QED) is 0.922. The second kappa shape index (κ2) is 6.04. The molecule has 0 saturated carbocycles. The largest absolute Gasteiger partial charge is 0.455 e. The highest BCUT2D eigenvalue weighted by Gasteiger charge is 2.07. The molecule has 0 spiro atoms. The van der Waals surface area contributed by atoms with E-state index in [-0.39, 0.29) is 6.61 Å². The Morgan fingerprint density at radius 2 is 2.05 bits per heavy atom. The molecule has 1 aromatic carbocycles. The van der Waals surface area contributed by atoms with E-state index >= 15 is 0 Å². The highest BCUT2D eigenvalue weighted by atomic mass is 35.5. The van der Waals surface area contributed by atoms with Gasteiger partial charge in [-0.25, -0.2) is 0 Å². The standard InChI is InChI=1S/C15H16ClNO2/c1-3-14-15(7-4-10(2)17-14)19-12-6-5-11(9-18)13(16)8-12/h4-8,18H,3,9H2,1-2H3. The lowest BCUT2D eigenvalue weighted by Crippen LogP contribution is -1.96. The Kier molecular flexibility index (Phi) is 4.40. The molecule has 0 bridgehead atoms. The maximum absolute atomic E-state index is 9.08. The Balaban J connectivity index is 2.28. The van der Waals surface area contributed by atoms with Crippen LogP contribution >= 0.6 is 11.6 Å². The summed E-state index contributed by atoms with van der Waals surface area (Å²) >= 11 is 6.04. The first-order chi connectivity index (χ1) is 9.13. The molecule has 1 aromatic heterocycles. The van der Waals surface area contributed by atoms with Crippen LogP contribution < -0.4 is 4.74 Å². The van der Waals surface area contributed by atoms with E-state index in [0.717, 1.165) is 23.6 Å².